The normalized spacial score (nSPS) is 16.1. The molecular weight excluding hydrogens is 256 g/mol. The third-order valence-corrected chi connectivity index (χ3v) is 3.45. The van der Waals surface area contributed by atoms with Gasteiger partial charge in [-0.3, -0.25) is 4.79 Å². The molecule has 1 aliphatic heterocycles. The molecule has 2 aromatic rings. The highest BCUT2D eigenvalue weighted by atomic mass is 16.2. The molecule has 0 unspecified atom stereocenters. The van der Waals surface area contributed by atoms with E-state index in [1.807, 2.05) is 18.2 Å². The highest BCUT2D eigenvalue weighted by molar-refractivity contribution is 5.92. The van der Waals surface area contributed by atoms with Crippen molar-refractivity contribution in [3.63, 3.8) is 0 Å². The number of rotatable bonds is 3. The Morgan fingerprint density at radius 3 is 2.85 bits per heavy atom. The van der Waals surface area contributed by atoms with Crippen molar-refractivity contribution in [2.45, 2.75) is 18.9 Å². The van der Waals surface area contributed by atoms with Crippen LogP contribution in [0.3, 0.4) is 0 Å². The van der Waals surface area contributed by atoms with E-state index >= 15 is 0 Å². The van der Waals surface area contributed by atoms with Crippen LogP contribution in [0.25, 0.3) is 0 Å². The van der Waals surface area contributed by atoms with Crippen LogP contribution in [-0.4, -0.2) is 45.4 Å². The number of carbonyl (C=O) groups is 1. The minimum absolute atomic E-state index is 0.171. The number of anilines is 1. The van der Waals surface area contributed by atoms with Crippen molar-refractivity contribution in [2.75, 3.05) is 18.0 Å². The summed E-state index contributed by atoms with van der Waals surface area (Å²) < 4.78 is 0. The summed E-state index contributed by atoms with van der Waals surface area (Å²) in [5.41, 5.74) is 0.331. The number of piperidine rings is 1. The number of amides is 1. The average Bonchev–Trinajstić information content (AvgIpc) is 3.03. The lowest BCUT2D eigenvalue weighted by atomic mass is 10.0. The molecule has 2 aromatic heterocycles. The first kappa shape index (κ1) is 12.6. The molecule has 2 N–H and O–H groups in total. The van der Waals surface area contributed by atoms with Crippen LogP contribution in [0.15, 0.2) is 30.6 Å². The van der Waals surface area contributed by atoms with Gasteiger partial charge in [0.05, 0.1) is 6.20 Å². The Kier molecular flexibility index (Phi) is 3.58. The van der Waals surface area contributed by atoms with E-state index in [0.29, 0.717) is 5.69 Å². The van der Waals surface area contributed by atoms with E-state index in [9.17, 15) is 4.79 Å². The lowest BCUT2D eigenvalue weighted by Crippen LogP contribution is -2.45. The number of nitrogens with zero attached hydrogens (tertiary/aromatic N) is 4. The second-order valence-corrected chi connectivity index (χ2v) is 4.78. The third kappa shape index (κ3) is 2.76. The monoisotopic (exact) mass is 272 g/mol. The molecule has 1 aliphatic rings. The Hall–Kier alpha value is -2.44. The van der Waals surface area contributed by atoms with Gasteiger partial charge in [0.15, 0.2) is 5.69 Å². The fraction of sp³-hybridized carbons (Fsp3) is 0.385. The second kappa shape index (κ2) is 5.68. The van der Waals surface area contributed by atoms with Crippen LogP contribution in [-0.2, 0) is 0 Å². The van der Waals surface area contributed by atoms with E-state index in [1.165, 1.54) is 6.20 Å². The van der Waals surface area contributed by atoms with Crippen molar-refractivity contribution in [1.82, 2.24) is 25.7 Å². The number of aromatic amines is 1. The summed E-state index contributed by atoms with van der Waals surface area (Å²) >= 11 is 0. The van der Waals surface area contributed by atoms with Crippen molar-refractivity contribution in [1.29, 1.82) is 0 Å². The molecule has 104 valence electrons. The lowest BCUT2D eigenvalue weighted by Gasteiger charge is -2.32. The van der Waals surface area contributed by atoms with E-state index in [2.05, 4.69) is 30.6 Å². The molecule has 0 saturated carbocycles. The zero-order valence-electron chi connectivity index (χ0n) is 11.0. The van der Waals surface area contributed by atoms with Crippen LogP contribution in [0.4, 0.5) is 5.82 Å². The maximum Gasteiger partial charge on any atom is 0.273 e. The summed E-state index contributed by atoms with van der Waals surface area (Å²) in [4.78, 5) is 18.4. The van der Waals surface area contributed by atoms with E-state index in [-0.39, 0.29) is 11.9 Å². The SMILES string of the molecule is O=C(NC1CCN(c2ccccn2)CC1)c1cn[nH]n1. The number of carbonyl (C=O) groups excluding carboxylic acids is 1. The molecule has 0 radical (unpaired) electrons. The average molecular weight is 272 g/mol. The molecule has 0 spiro atoms. The van der Waals surface area contributed by atoms with Gasteiger partial charge in [0.25, 0.3) is 5.91 Å². The summed E-state index contributed by atoms with van der Waals surface area (Å²) in [5, 5.41) is 12.8. The van der Waals surface area contributed by atoms with Crippen molar-refractivity contribution < 1.29 is 4.79 Å². The largest absolute Gasteiger partial charge is 0.356 e. The van der Waals surface area contributed by atoms with Gasteiger partial charge in [-0.1, -0.05) is 6.07 Å². The molecule has 0 aromatic carbocycles. The van der Waals surface area contributed by atoms with Gasteiger partial charge in [-0.15, -0.1) is 0 Å². The zero-order valence-corrected chi connectivity index (χ0v) is 11.0. The van der Waals surface area contributed by atoms with Gasteiger partial charge in [0.1, 0.15) is 5.82 Å². The number of aromatic nitrogens is 4. The van der Waals surface area contributed by atoms with Crippen molar-refractivity contribution in [3.8, 4) is 0 Å². The van der Waals surface area contributed by atoms with Gasteiger partial charge >= 0.3 is 0 Å². The van der Waals surface area contributed by atoms with Gasteiger partial charge in [-0.25, -0.2) is 4.98 Å². The van der Waals surface area contributed by atoms with Gasteiger partial charge in [0.2, 0.25) is 0 Å². The van der Waals surface area contributed by atoms with Crippen LogP contribution >= 0.6 is 0 Å². The Morgan fingerprint density at radius 2 is 2.20 bits per heavy atom. The quantitative estimate of drug-likeness (QED) is 0.854. The minimum Gasteiger partial charge on any atom is -0.356 e. The van der Waals surface area contributed by atoms with Crippen molar-refractivity contribution in [3.05, 3.63) is 36.3 Å². The first-order chi connectivity index (χ1) is 9.83. The Bertz CT molecular complexity index is 548. The third-order valence-electron chi connectivity index (χ3n) is 3.45. The van der Waals surface area contributed by atoms with Crippen LogP contribution in [0.1, 0.15) is 23.3 Å². The summed E-state index contributed by atoms with van der Waals surface area (Å²) in [7, 11) is 0. The molecule has 7 heteroatoms. The summed E-state index contributed by atoms with van der Waals surface area (Å²) in [5.74, 6) is 0.823. The molecule has 20 heavy (non-hydrogen) atoms. The molecule has 7 nitrogen and oxygen atoms in total. The first-order valence-corrected chi connectivity index (χ1v) is 6.65. The number of pyridine rings is 1. The van der Waals surface area contributed by atoms with Crippen LogP contribution in [0.2, 0.25) is 0 Å². The van der Waals surface area contributed by atoms with Gasteiger partial charge in [-0.05, 0) is 25.0 Å². The van der Waals surface area contributed by atoms with Crippen LogP contribution in [0, 0.1) is 0 Å². The van der Waals surface area contributed by atoms with E-state index in [0.717, 1.165) is 31.7 Å². The van der Waals surface area contributed by atoms with E-state index < -0.39 is 0 Å². The smallest absolute Gasteiger partial charge is 0.273 e. The maximum absolute atomic E-state index is 11.9. The summed E-state index contributed by atoms with van der Waals surface area (Å²) in [6, 6.07) is 6.09. The van der Waals surface area contributed by atoms with Gasteiger partial charge in [0, 0.05) is 25.3 Å². The predicted molar refractivity (Wildman–Crippen MR) is 73.3 cm³/mol. The molecule has 1 saturated heterocycles. The molecule has 3 heterocycles. The fourth-order valence-electron chi connectivity index (χ4n) is 2.36. The zero-order chi connectivity index (χ0) is 13.8. The topological polar surface area (TPSA) is 86.8 Å². The van der Waals surface area contributed by atoms with E-state index in [4.69, 9.17) is 0 Å². The highest BCUT2D eigenvalue weighted by Crippen LogP contribution is 2.17. The number of hydrogen-bond donors (Lipinski definition) is 2. The summed E-state index contributed by atoms with van der Waals surface area (Å²) in [6.45, 7) is 1.78. The molecule has 0 bridgehead atoms. The van der Waals surface area contributed by atoms with Crippen LogP contribution < -0.4 is 10.2 Å². The number of nitrogens with one attached hydrogen (secondary N) is 2. The molecular formula is C13H16N6O. The molecule has 0 atom stereocenters. The Labute approximate surface area is 116 Å². The molecule has 1 fully saturated rings. The lowest BCUT2D eigenvalue weighted by molar-refractivity contribution is 0.0926. The standard InChI is InChI=1S/C13H16N6O/c20-13(11-9-15-18-17-11)16-10-4-7-19(8-5-10)12-3-1-2-6-14-12/h1-3,6,9-10H,4-5,7-8H2,(H,16,20)(H,15,17,18). The molecule has 1 amide bonds. The van der Waals surface area contributed by atoms with Gasteiger partial charge < -0.3 is 10.2 Å². The van der Waals surface area contributed by atoms with E-state index in [1.54, 1.807) is 6.20 Å². The number of H-pyrrole nitrogens is 1. The van der Waals surface area contributed by atoms with Crippen LogP contribution in [0.5, 0.6) is 0 Å². The maximum atomic E-state index is 11.9. The van der Waals surface area contributed by atoms with Gasteiger partial charge in [-0.2, -0.15) is 15.4 Å². The number of hydrogen-bond acceptors (Lipinski definition) is 5. The Balaban J connectivity index is 1.53. The Morgan fingerprint density at radius 1 is 1.35 bits per heavy atom. The fourth-order valence-corrected chi connectivity index (χ4v) is 2.36. The van der Waals surface area contributed by atoms with Crippen molar-refractivity contribution in [2.24, 2.45) is 0 Å². The highest BCUT2D eigenvalue weighted by Gasteiger charge is 2.22. The molecule has 0 aliphatic carbocycles. The van der Waals surface area contributed by atoms with Crippen molar-refractivity contribution >= 4 is 11.7 Å². The second-order valence-electron chi connectivity index (χ2n) is 4.78. The predicted octanol–water partition coefficient (Wildman–Crippen LogP) is 0.598. The molecule has 3 rings (SSSR count). The minimum atomic E-state index is -0.171. The first-order valence-electron chi connectivity index (χ1n) is 6.65. The summed E-state index contributed by atoms with van der Waals surface area (Å²) in [6.07, 6.45) is 5.03.